The standard InChI is InChI=1S/C12H16N2O.H2O/c13-12(15)11-4-2-1-3-10(11)9-5-7-14-8-6-9;/h1-4,9,14H,5-8H2,(H2,13,15);1H2. The Kier molecular flexibility index (Phi) is 4.46. The van der Waals surface area contributed by atoms with Crippen LogP contribution in [-0.4, -0.2) is 24.5 Å². The molecule has 1 aliphatic heterocycles. The van der Waals surface area contributed by atoms with Crippen LogP contribution in [0.1, 0.15) is 34.7 Å². The van der Waals surface area contributed by atoms with Crippen molar-refractivity contribution in [1.82, 2.24) is 5.32 Å². The molecule has 0 spiro atoms. The van der Waals surface area contributed by atoms with Gasteiger partial charge in [-0.1, -0.05) is 18.2 Å². The van der Waals surface area contributed by atoms with E-state index < -0.39 is 0 Å². The van der Waals surface area contributed by atoms with Gasteiger partial charge in [-0.2, -0.15) is 0 Å². The highest BCUT2D eigenvalue weighted by Gasteiger charge is 2.19. The first kappa shape index (κ1) is 12.7. The maximum absolute atomic E-state index is 11.3. The molecule has 2 rings (SSSR count). The minimum absolute atomic E-state index is 0. The number of hydrogen-bond donors (Lipinski definition) is 2. The summed E-state index contributed by atoms with van der Waals surface area (Å²) in [5.41, 5.74) is 7.17. The van der Waals surface area contributed by atoms with E-state index in [2.05, 4.69) is 5.32 Å². The highest BCUT2D eigenvalue weighted by molar-refractivity contribution is 5.94. The number of rotatable bonds is 2. The summed E-state index contributed by atoms with van der Waals surface area (Å²) in [6, 6.07) is 7.68. The molecule has 1 saturated heterocycles. The highest BCUT2D eigenvalue weighted by atomic mass is 16.1. The van der Waals surface area contributed by atoms with Gasteiger partial charge in [0.2, 0.25) is 5.91 Å². The van der Waals surface area contributed by atoms with Gasteiger partial charge < -0.3 is 16.5 Å². The Hall–Kier alpha value is -1.39. The molecule has 5 N–H and O–H groups in total. The minimum atomic E-state index is -0.316. The van der Waals surface area contributed by atoms with Gasteiger partial charge in [0.25, 0.3) is 0 Å². The molecule has 1 fully saturated rings. The normalized spacial score (nSPS) is 16.5. The lowest BCUT2D eigenvalue weighted by molar-refractivity contribution is 0.0998. The number of carbonyl (C=O) groups excluding carboxylic acids is 1. The van der Waals surface area contributed by atoms with Gasteiger partial charge in [-0.15, -0.1) is 0 Å². The van der Waals surface area contributed by atoms with Crippen molar-refractivity contribution < 1.29 is 10.3 Å². The SMILES string of the molecule is NC(=O)c1ccccc1C1CCNCC1.O. The Balaban J connectivity index is 0.00000128. The van der Waals surface area contributed by atoms with Crippen molar-refractivity contribution in [3.8, 4) is 0 Å². The van der Waals surface area contributed by atoms with E-state index in [0.717, 1.165) is 31.5 Å². The second kappa shape index (κ2) is 5.63. The second-order valence-electron chi connectivity index (χ2n) is 3.98. The van der Waals surface area contributed by atoms with E-state index in [0.29, 0.717) is 11.5 Å². The molecule has 1 aromatic carbocycles. The molecule has 16 heavy (non-hydrogen) atoms. The first-order valence-corrected chi connectivity index (χ1v) is 5.38. The maximum Gasteiger partial charge on any atom is 0.248 e. The smallest absolute Gasteiger partial charge is 0.248 e. The lowest BCUT2D eigenvalue weighted by Gasteiger charge is -2.24. The van der Waals surface area contributed by atoms with E-state index in [1.807, 2.05) is 24.3 Å². The van der Waals surface area contributed by atoms with Gasteiger partial charge in [-0.3, -0.25) is 4.79 Å². The van der Waals surface area contributed by atoms with Crippen LogP contribution in [0.15, 0.2) is 24.3 Å². The van der Waals surface area contributed by atoms with Crippen LogP contribution in [0.5, 0.6) is 0 Å². The molecule has 0 bridgehead atoms. The van der Waals surface area contributed by atoms with Gasteiger partial charge in [0.15, 0.2) is 0 Å². The minimum Gasteiger partial charge on any atom is -0.412 e. The third-order valence-electron chi connectivity index (χ3n) is 3.01. The molecule has 4 nitrogen and oxygen atoms in total. The average molecular weight is 222 g/mol. The molecule has 88 valence electrons. The summed E-state index contributed by atoms with van der Waals surface area (Å²) in [5.74, 6) is 0.166. The molecule has 0 aromatic heterocycles. The highest BCUT2D eigenvalue weighted by Crippen LogP contribution is 2.27. The zero-order valence-corrected chi connectivity index (χ0v) is 9.20. The summed E-state index contributed by atoms with van der Waals surface area (Å²) >= 11 is 0. The molecule has 4 heteroatoms. The second-order valence-corrected chi connectivity index (χ2v) is 3.98. The van der Waals surface area contributed by atoms with Gasteiger partial charge in [0, 0.05) is 5.56 Å². The molecule has 1 aromatic rings. The van der Waals surface area contributed by atoms with Crippen LogP contribution in [-0.2, 0) is 0 Å². The monoisotopic (exact) mass is 222 g/mol. The molecule has 0 unspecified atom stereocenters. The fraction of sp³-hybridized carbons (Fsp3) is 0.417. The lowest BCUT2D eigenvalue weighted by Crippen LogP contribution is -2.28. The topological polar surface area (TPSA) is 86.6 Å². The summed E-state index contributed by atoms with van der Waals surface area (Å²) in [5, 5.41) is 3.32. The molecule has 0 aliphatic carbocycles. The van der Waals surface area contributed by atoms with Gasteiger partial charge in [0.1, 0.15) is 0 Å². The predicted octanol–water partition coefficient (Wildman–Crippen LogP) is 0.428. The van der Waals surface area contributed by atoms with E-state index in [9.17, 15) is 4.79 Å². The van der Waals surface area contributed by atoms with E-state index in [4.69, 9.17) is 5.73 Å². The van der Waals surface area contributed by atoms with Crippen molar-refractivity contribution >= 4 is 5.91 Å². The summed E-state index contributed by atoms with van der Waals surface area (Å²) < 4.78 is 0. The first-order chi connectivity index (χ1) is 7.29. The fourth-order valence-corrected chi connectivity index (χ4v) is 2.21. The molecule has 1 aliphatic rings. The number of nitrogens with one attached hydrogen (secondary N) is 1. The van der Waals surface area contributed by atoms with E-state index in [1.54, 1.807) is 0 Å². The van der Waals surface area contributed by atoms with E-state index in [1.165, 1.54) is 0 Å². The van der Waals surface area contributed by atoms with Crippen LogP contribution in [0.25, 0.3) is 0 Å². The van der Waals surface area contributed by atoms with Crippen LogP contribution in [0.3, 0.4) is 0 Å². The first-order valence-electron chi connectivity index (χ1n) is 5.38. The lowest BCUT2D eigenvalue weighted by atomic mass is 9.87. The Morgan fingerprint density at radius 2 is 1.88 bits per heavy atom. The largest absolute Gasteiger partial charge is 0.412 e. The Bertz CT molecular complexity index is 360. The van der Waals surface area contributed by atoms with Crippen molar-refractivity contribution in [3.05, 3.63) is 35.4 Å². The number of hydrogen-bond acceptors (Lipinski definition) is 2. The number of amides is 1. The molecule has 0 atom stereocenters. The van der Waals surface area contributed by atoms with Crippen molar-refractivity contribution in [2.75, 3.05) is 13.1 Å². The number of benzene rings is 1. The van der Waals surface area contributed by atoms with Crippen LogP contribution < -0.4 is 11.1 Å². The van der Waals surface area contributed by atoms with Gasteiger partial charge in [-0.25, -0.2) is 0 Å². The quantitative estimate of drug-likeness (QED) is 0.760. The van der Waals surface area contributed by atoms with Crippen LogP contribution in [0.2, 0.25) is 0 Å². The summed E-state index contributed by atoms with van der Waals surface area (Å²) in [4.78, 5) is 11.3. The fourth-order valence-electron chi connectivity index (χ4n) is 2.21. The van der Waals surface area contributed by atoms with Crippen molar-refractivity contribution in [3.63, 3.8) is 0 Å². The molecule has 0 saturated carbocycles. The third kappa shape index (κ3) is 2.59. The third-order valence-corrected chi connectivity index (χ3v) is 3.01. The zero-order chi connectivity index (χ0) is 10.7. The molecule has 1 amide bonds. The number of nitrogens with two attached hydrogens (primary N) is 1. The van der Waals surface area contributed by atoms with Crippen molar-refractivity contribution in [2.24, 2.45) is 5.73 Å². The van der Waals surface area contributed by atoms with E-state index in [-0.39, 0.29) is 11.4 Å². The molecular weight excluding hydrogens is 204 g/mol. The Labute approximate surface area is 95.1 Å². The van der Waals surface area contributed by atoms with E-state index >= 15 is 0 Å². The molecule has 1 heterocycles. The van der Waals surface area contributed by atoms with Crippen LogP contribution in [0, 0.1) is 0 Å². The van der Waals surface area contributed by atoms with Crippen molar-refractivity contribution in [2.45, 2.75) is 18.8 Å². The maximum atomic E-state index is 11.3. The van der Waals surface area contributed by atoms with Gasteiger partial charge >= 0.3 is 0 Å². The average Bonchev–Trinajstić information content (AvgIpc) is 2.30. The summed E-state index contributed by atoms with van der Waals surface area (Å²) in [7, 11) is 0. The zero-order valence-electron chi connectivity index (χ0n) is 9.20. The number of carbonyl (C=O) groups is 1. The Morgan fingerprint density at radius 1 is 1.25 bits per heavy atom. The van der Waals surface area contributed by atoms with Gasteiger partial charge in [0.05, 0.1) is 0 Å². The predicted molar refractivity (Wildman–Crippen MR) is 63.4 cm³/mol. The molecular formula is C12H18N2O2. The summed E-state index contributed by atoms with van der Waals surface area (Å²) in [6.45, 7) is 2.05. The summed E-state index contributed by atoms with van der Waals surface area (Å²) in [6.07, 6.45) is 2.18. The van der Waals surface area contributed by atoms with Crippen molar-refractivity contribution in [1.29, 1.82) is 0 Å². The number of piperidine rings is 1. The van der Waals surface area contributed by atoms with Crippen LogP contribution in [0.4, 0.5) is 0 Å². The number of primary amides is 1. The Morgan fingerprint density at radius 3 is 2.50 bits per heavy atom. The van der Waals surface area contributed by atoms with Gasteiger partial charge in [-0.05, 0) is 43.5 Å². The van der Waals surface area contributed by atoms with Crippen LogP contribution >= 0.6 is 0 Å². The molecule has 0 radical (unpaired) electrons.